The number of carbonyl (C=O) groups excluding carboxylic acids is 2. The maximum absolute atomic E-state index is 11.8. The third kappa shape index (κ3) is 3.68. The van der Waals surface area contributed by atoms with Gasteiger partial charge in [-0.15, -0.1) is 0 Å². The third-order valence-electron chi connectivity index (χ3n) is 3.51. The number of Topliss-reactive ketones (excluding diaryl/α,β-unsaturated/α-hetero) is 1. The predicted molar refractivity (Wildman–Crippen MR) is 80.0 cm³/mol. The Hall–Kier alpha value is -2.17. The smallest absolute Gasteiger partial charge is 0.305 e. The van der Waals surface area contributed by atoms with Crippen molar-refractivity contribution in [3.63, 3.8) is 0 Å². The summed E-state index contributed by atoms with van der Waals surface area (Å²) in [5.74, 6) is 0.643. The quantitative estimate of drug-likeness (QED) is 0.734. The summed E-state index contributed by atoms with van der Waals surface area (Å²) in [6.07, 6.45) is 1.39. The molecule has 0 amide bonds. The second kappa shape index (κ2) is 7.02. The van der Waals surface area contributed by atoms with Crippen LogP contribution in [-0.4, -0.2) is 28.4 Å². The number of ketones is 1. The molecule has 5 heteroatoms. The van der Waals surface area contributed by atoms with Crippen molar-refractivity contribution >= 4 is 22.8 Å². The number of hydrogen-bond acceptors (Lipinski definition) is 4. The molecule has 0 aliphatic rings. The van der Waals surface area contributed by atoms with Crippen LogP contribution in [0.3, 0.4) is 0 Å². The molecule has 2 rings (SSSR count). The number of esters is 1. The van der Waals surface area contributed by atoms with Gasteiger partial charge in [0.1, 0.15) is 11.6 Å². The number of ether oxygens (including phenoxy) is 1. The molecule has 0 unspecified atom stereocenters. The molecule has 0 saturated carbocycles. The van der Waals surface area contributed by atoms with Crippen molar-refractivity contribution in [2.45, 2.75) is 39.2 Å². The van der Waals surface area contributed by atoms with Crippen molar-refractivity contribution in [1.29, 1.82) is 0 Å². The Labute approximate surface area is 123 Å². The van der Waals surface area contributed by atoms with E-state index in [1.807, 2.05) is 24.3 Å². The number of fused-ring (bicyclic) bond motifs is 1. The fourth-order valence-corrected chi connectivity index (χ4v) is 2.39. The largest absolute Gasteiger partial charge is 0.469 e. The summed E-state index contributed by atoms with van der Waals surface area (Å²) in [5, 5.41) is 0. The van der Waals surface area contributed by atoms with Crippen molar-refractivity contribution in [3.05, 3.63) is 30.1 Å². The van der Waals surface area contributed by atoms with E-state index in [-0.39, 0.29) is 24.6 Å². The molecule has 0 aliphatic heterocycles. The number of carbonyl (C=O) groups is 2. The number of para-hydroxylation sites is 2. The number of imidazole rings is 1. The van der Waals surface area contributed by atoms with Crippen molar-refractivity contribution in [2.75, 3.05) is 7.11 Å². The molecule has 2 aromatic rings. The molecule has 0 N–H and O–H groups in total. The van der Waals surface area contributed by atoms with Gasteiger partial charge in [-0.3, -0.25) is 9.59 Å². The zero-order valence-electron chi connectivity index (χ0n) is 12.5. The van der Waals surface area contributed by atoms with Crippen LogP contribution in [0.5, 0.6) is 0 Å². The summed E-state index contributed by atoms with van der Waals surface area (Å²) in [4.78, 5) is 27.4. The Morgan fingerprint density at radius 1 is 1.19 bits per heavy atom. The van der Waals surface area contributed by atoms with E-state index in [1.54, 1.807) is 0 Å². The Balaban J connectivity index is 2.00. The highest BCUT2D eigenvalue weighted by atomic mass is 16.5. The van der Waals surface area contributed by atoms with Gasteiger partial charge < -0.3 is 9.30 Å². The first-order valence-corrected chi connectivity index (χ1v) is 7.18. The molecule has 0 atom stereocenters. The molecule has 1 aromatic carbocycles. The molecule has 21 heavy (non-hydrogen) atoms. The first kappa shape index (κ1) is 15.2. The minimum Gasteiger partial charge on any atom is -0.469 e. The molecule has 0 fully saturated rings. The number of benzene rings is 1. The Bertz CT molecular complexity index is 646. The molecular weight excluding hydrogens is 268 g/mol. The molecule has 112 valence electrons. The minimum absolute atomic E-state index is 0.0649. The number of rotatable bonds is 7. The highest BCUT2D eigenvalue weighted by Crippen LogP contribution is 2.17. The standard InChI is InChI=1S/C16H20N2O3/c1-3-18-14-7-5-4-6-13(14)17-15(18)10-8-12(19)9-11-16(20)21-2/h4-7H,3,8-11H2,1-2H3. The SMILES string of the molecule is CCn1c(CCC(=O)CCC(=O)OC)nc2ccccc21. The molecule has 1 aromatic heterocycles. The molecule has 0 spiro atoms. The lowest BCUT2D eigenvalue weighted by Gasteiger charge is -2.05. The molecule has 5 nitrogen and oxygen atoms in total. The predicted octanol–water partition coefficient (Wildman–Crippen LogP) is 2.51. The van der Waals surface area contributed by atoms with Crippen molar-refractivity contribution in [2.24, 2.45) is 0 Å². The zero-order chi connectivity index (χ0) is 15.2. The van der Waals surface area contributed by atoms with Gasteiger partial charge in [-0.2, -0.15) is 0 Å². The van der Waals surface area contributed by atoms with Crippen LogP contribution in [0, 0.1) is 0 Å². The van der Waals surface area contributed by atoms with Crippen LogP contribution in [0.25, 0.3) is 11.0 Å². The van der Waals surface area contributed by atoms with Crippen LogP contribution < -0.4 is 0 Å². The maximum atomic E-state index is 11.8. The lowest BCUT2D eigenvalue weighted by molar-refractivity contribution is -0.141. The number of hydrogen-bond donors (Lipinski definition) is 0. The van der Waals surface area contributed by atoms with Gasteiger partial charge in [0.2, 0.25) is 0 Å². The number of aromatic nitrogens is 2. The van der Waals surface area contributed by atoms with Gasteiger partial charge in [-0.25, -0.2) is 4.98 Å². The first-order valence-electron chi connectivity index (χ1n) is 7.18. The van der Waals surface area contributed by atoms with Gasteiger partial charge in [0.05, 0.1) is 24.6 Å². The normalized spacial score (nSPS) is 10.8. The van der Waals surface area contributed by atoms with Crippen LogP contribution in [0.15, 0.2) is 24.3 Å². The summed E-state index contributed by atoms with van der Waals surface area (Å²) in [6.45, 7) is 2.89. The maximum Gasteiger partial charge on any atom is 0.305 e. The average molecular weight is 288 g/mol. The summed E-state index contributed by atoms with van der Waals surface area (Å²) in [5.41, 5.74) is 2.05. The molecule has 0 aliphatic carbocycles. The number of methoxy groups -OCH3 is 1. The first-order chi connectivity index (χ1) is 10.2. The van der Waals surface area contributed by atoms with Gasteiger partial charge in [-0.05, 0) is 19.1 Å². The summed E-state index contributed by atoms with van der Waals surface area (Å²) >= 11 is 0. The van der Waals surface area contributed by atoms with Crippen LogP contribution in [0.2, 0.25) is 0 Å². The van der Waals surface area contributed by atoms with Gasteiger partial charge in [0.25, 0.3) is 0 Å². The van der Waals surface area contributed by atoms with Crippen molar-refractivity contribution in [3.8, 4) is 0 Å². The second-order valence-corrected chi connectivity index (χ2v) is 4.88. The van der Waals surface area contributed by atoms with Crippen LogP contribution in [-0.2, 0) is 27.3 Å². The Morgan fingerprint density at radius 2 is 1.95 bits per heavy atom. The van der Waals surface area contributed by atoms with Crippen LogP contribution >= 0.6 is 0 Å². The van der Waals surface area contributed by atoms with Gasteiger partial charge in [0.15, 0.2) is 0 Å². The van der Waals surface area contributed by atoms with E-state index in [1.165, 1.54) is 7.11 Å². The molecule has 1 heterocycles. The minimum atomic E-state index is -0.343. The summed E-state index contributed by atoms with van der Waals surface area (Å²) < 4.78 is 6.66. The average Bonchev–Trinajstić information content (AvgIpc) is 2.87. The van der Waals surface area contributed by atoms with E-state index in [9.17, 15) is 9.59 Å². The summed E-state index contributed by atoms with van der Waals surface area (Å²) in [7, 11) is 1.33. The topological polar surface area (TPSA) is 61.2 Å². The van der Waals surface area contributed by atoms with Crippen LogP contribution in [0.4, 0.5) is 0 Å². The fraction of sp³-hybridized carbons (Fsp3) is 0.438. The van der Waals surface area contributed by atoms with E-state index < -0.39 is 0 Å². The number of aryl methyl sites for hydroxylation is 2. The molecular formula is C16H20N2O3. The Morgan fingerprint density at radius 3 is 2.67 bits per heavy atom. The zero-order valence-corrected chi connectivity index (χ0v) is 12.5. The summed E-state index contributed by atoms with van der Waals surface area (Å²) in [6, 6.07) is 7.96. The molecule has 0 saturated heterocycles. The Kier molecular flexibility index (Phi) is 5.09. The lowest BCUT2D eigenvalue weighted by Crippen LogP contribution is -2.08. The van der Waals surface area contributed by atoms with Gasteiger partial charge >= 0.3 is 5.97 Å². The van der Waals surface area contributed by atoms with E-state index >= 15 is 0 Å². The highest BCUT2D eigenvalue weighted by Gasteiger charge is 2.12. The monoisotopic (exact) mass is 288 g/mol. The van der Waals surface area contributed by atoms with E-state index in [2.05, 4.69) is 21.2 Å². The number of nitrogens with zero attached hydrogens (tertiary/aromatic N) is 2. The van der Waals surface area contributed by atoms with Crippen LogP contribution in [0.1, 0.15) is 32.0 Å². The van der Waals surface area contributed by atoms with Gasteiger partial charge in [-0.1, -0.05) is 12.1 Å². The molecule has 0 radical (unpaired) electrons. The van der Waals surface area contributed by atoms with Gasteiger partial charge in [0, 0.05) is 25.8 Å². The highest BCUT2D eigenvalue weighted by molar-refractivity contribution is 5.83. The van der Waals surface area contributed by atoms with Crippen molar-refractivity contribution in [1.82, 2.24) is 9.55 Å². The van der Waals surface area contributed by atoms with E-state index in [0.29, 0.717) is 12.8 Å². The fourth-order valence-electron chi connectivity index (χ4n) is 2.39. The van der Waals surface area contributed by atoms with E-state index in [4.69, 9.17) is 0 Å². The van der Waals surface area contributed by atoms with Crippen molar-refractivity contribution < 1.29 is 14.3 Å². The lowest BCUT2D eigenvalue weighted by atomic mass is 10.1. The van der Waals surface area contributed by atoms with E-state index in [0.717, 1.165) is 23.4 Å². The second-order valence-electron chi connectivity index (χ2n) is 4.88. The third-order valence-corrected chi connectivity index (χ3v) is 3.51. The molecule has 0 bridgehead atoms.